The molecule has 1 aliphatic carbocycles. The molecule has 0 radical (unpaired) electrons. The van der Waals surface area contributed by atoms with Crippen LogP contribution in [0.4, 0.5) is 0 Å². The molecule has 0 aliphatic heterocycles. The lowest BCUT2D eigenvalue weighted by Gasteiger charge is -2.30. The molecule has 3 atom stereocenters. The molecule has 0 spiro atoms. The average Bonchev–Trinajstić information content (AvgIpc) is 3.09. The molecule has 9 heteroatoms. The SMILES string of the molecule is Cc1[nH]ncc1-c1nc([C@H]2CC[C@@H](O)[C@H](N)C2)n(CCO)n1.Cl. The summed E-state index contributed by atoms with van der Waals surface area (Å²) in [5.74, 6) is 1.58. The minimum absolute atomic E-state index is 0. The smallest absolute Gasteiger partial charge is 0.184 e. The number of aliphatic hydroxyl groups excluding tert-OH is 2. The first-order chi connectivity index (χ1) is 10.6. The highest BCUT2D eigenvalue weighted by Crippen LogP contribution is 2.32. The zero-order valence-corrected chi connectivity index (χ0v) is 13.8. The second-order valence-corrected chi connectivity index (χ2v) is 5.89. The second kappa shape index (κ2) is 7.39. The molecule has 0 amide bonds. The number of H-pyrrole nitrogens is 1. The third-order valence-electron chi connectivity index (χ3n) is 4.31. The van der Waals surface area contributed by atoms with Gasteiger partial charge in [0.05, 0.1) is 31.0 Å². The Kier molecular flexibility index (Phi) is 5.74. The van der Waals surface area contributed by atoms with E-state index in [2.05, 4.69) is 20.3 Å². The highest BCUT2D eigenvalue weighted by atomic mass is 35.5. The summed E-state index contributed by atoms with van der Waals surface area (Å²) in [6.45, 7) is 2.32. The molecule has 1 aliphatic rings. The number of hydrogen-bond acceptors (Lipinski definition) is 6. The molecule has 0 unspecified atom stereocenters. The van der Waals surface area contributed by atoms with E-state index in [1.165, 1.54) is 0 Å². The van der Waals surface area contributed by atoms with Crippen molar-refractivity contribution in [3.05, 3.63) is 17.7 Å². The van der Waals surface area contributed by atoms with Crippen molar-refractivity contribution >= 4 is 12.4 Å². The summed E-state index contributed by atoms with van der Waals surface area (Å²) >= 11 is 0. The Balaban J connectivity index is 0.00000192. The zero-order chi connectivity index (χ0) is 15.7. The molecule has 128 valence electrons. The van der Waals surface area contributed by atoms with Gasteiger partial charge in [-0.2, -0.15) is 10.2 Å². The van der Waals surface area contributed by atoms with Gasteiger partial charge in [-0.15, -0.1) is 12.4 Å². The van der Waals surface area contributed by atoms with Gasteiger partial charge < -0.3 is 15.9 Å². The summed E-state index contributed by atoms with van der Waals surface area (Å²) in [7, 11) is 0. The Morgan fingerprint density at radius 3 is 2.83 bits per heavy atom. The maximum atomic E-state index is 9.79. The van der Waals surface area contributed by atoms with Crippen molar-refractivity contribution in [2.75, 3.05) is 6.61 Å². The van der Waals surface area contributed by atoms with Gasteiger partial charge in [0.25, 0.3) is 0 Å². The number of rotatable bonds is 4. The summed E-state index contributed by atoms with van der Waals surface area (Å²) in [5.41, 5.74) is 7.75. The van der Waals surface area contributed by atoms with Crippen LogP contribution in [-0.2, 0) is 6.54 Å². The molecule has 2 aromatic rings. The number of aliphatic hydroxyl groups is 2. The fourth-order valence-corrected chi connectivity index (χ4v) is 3.03. The molecular formula is C14H23ClN6O2. The summed E-state index contributed by atoms with van der Waals surface area (Å²) in [5, 5.41) is 30.4. The van der Waals surface area contributed by atoms with Crippen LogP contribution in [0, 0.1) is 6.92 Å². The van der Waals surface area contributed by atoms with E-state index in [-0.39, 0.29) is 31.0 Å². The average molecular weight is 343 g/mol. The van der Waals surface area contributed by atoms with Gasteiger partial charge in [-0.25, -0.2) is 9.67 Å². The number of aryl methyl sites for hydroxylation is 1. The number of nitrogens with one attached hydrogen (secondary N) is 1. The molecule has 0 bridgehead atoms. The number of aromatic amines is 1. The maximum absolute atomic E-state index is 9.79. The Hall–Kier alpha value is -1.48. The Morgan fingerprint density at radius 2 is 2.22 bits per heavy atom. The van der Waals surface area contributed by atoms with E-state index in [1.807, 2.05) is 6.92 Å². The van der Waals surface area contributed by atoms with Gasteiger partial charge in [0.15, 0.2) is 5.82 Å². The van der Waals surface area contributed by atoms with Crippen molar-refractivity contribution in [3.8, 4) is 11.4 Å². The molecule has 1 saturated carbocycles. The minimum Gasteiger partial charge on any atom is -0.394 e. The minimum atomic E-state index is -0.443. The molecule has 8 nitrogen and oxygen atoms in total. The van der Waals surface area contributed by atoms with Gasteiger partial charge >= 0.3 is 0 Å². The summed E-state index contributed by atoms with van der Waals surface area (Å²) in [4.78, 5) is 4.66. The van der Waals surface area contributed by atoms with Crippen molar-refractivity contribution in [2.45, 2.75) is 50.8 Å². The van der Waals surface area contributed by atoms with Crippen LogP contribution >= 0.6 is 12.4 Å². The third-order valence-corrected chi connectivity index (χ3v) is 4.31. The third kappa shape index (κ3) is 3.55. The van der Waals surface area contributed by atoms with E-state index in [9.17, 15) is 10.2 Å². The Labute approximate surface area is 140 Å². The number of nitrogens with zero attached hydrogens (tertiary/aromatic N) is 4. The molecule has 5 N–H and O–H groups in total. The summed E-state index contributed by atoms with van der Waals surface area (Å²) < 4.78 is 1.75. The van der Waals surface area contributed by atoms with Gasteiger partial charge in [0, 0.05) is 17.7 Å². The van der Waals surface area contributed by atoms with Crippen LogP contribution in [0.15, 0.2) is 6.20 Å². The first kappa shape index (κ1) is 17.9. The van der Waals surface area contributed by atoms with E-state index in [0.717, 1.165) is 23.5 Å². The van der Waals surface area contributed by atoms with Gasteiger partial charge in [-0.3, -0.25) is 5.10 Å². The fourth-order valence-electron chi connectivity index (χ4n) is 3.03. The highest BCUT2D eigenvalue weighted by Gasteiger charge is 2.31. The van der Waals surface area contributed by atoms with E-state index in [1.54, 1.807) is 10.9 Å². The van der Waals surface area contributed by atoms with Crippen molar-refractivity contribution in [2.24, 2.45) is 5.73 Å². The Bertz CT molecular complexity index is 643. The van der Waals surface area contributed by atoms with Crippen LogP contribution in [0.3, 0.4) is 0 Å². The van der Waals surface area contributed by atoms with Gasteiger partial charge in [0.1, 0.15) is 5.82 Å². The molecule has 3 rings (SSSR count). The predicted molar refractivity (Wildman–Crippen MR) is 87.2 cm³/mol. The zero-order valence-electron chi connectivity index (χ0n) is 13.0. The van der Waals surface area contributed by atoms with Crippen molar-refractivity contribution in [3.63, 3.8) is 0 Å². The lowest BCUT2D eigenvalue weighted by Crippen LogP contribution is -2.40. The van der Waals surface area contributed by atoms with Crippen LogP contribution in [0.25, 0.3) is 11.4 Å². The van der Waals surface area contributed by atoms with Gasteiger partial charge in [-0.05, 0) is 26.2 Å². The maximum Gasteiger partial charge on any atom is 0.184 e. The van der Waals surface area contributed by atoms with E-state index in [0.29, 0.717) is 25.2 Å². The van der Waals surface area contributed by atoms with Crippen LogP contribution in [-0.4, -0.2) is 53.9 Å². The lowest BCUT2D eigenvalue weighted by atomic mass is 9.83. The van der Waals surface area contributed by atoms with Gasteiger partial charge in [0.2, 0.25) is 0 Å². The molecule has 23 heavy (non-hydrogen) atoms. The predicted octanol–water partition coefficient (Wildman–Crippen LogP) is 0.346. The van der Waals surface area contributed by atoms with E-state index in [4.69, 9.17) is 5.73 Å². The topological polar surface area (TPSA) is 126 Å². The van der Waals surface area contributed by atoms with Crippen LogP contribution in [0.2, 0.25) is 0 Å². The van der Waals surface area contributed by atoms with Crippen LogP contribution < -0.4 is 5.73 Å². The molecular weight excluding hydrogens is 320 g/mol. The molecule has 0 aromatic carbocycles. The van der Waals surface area contributed by atoms with Crippen molar-refractivity contribution in [1.29, 1.82) is 0 Å². The van der Waals surface area contributed by atoms with Crippen molar-refractivity contribution < 1.29 is 10.2 Å². The van der Waals surface area contributed by atoms with Crippen LogP contribution in [0.1, 0.15) is 36.7 Å². The summed E-state index contributed by atoms with van der Waals surface area (Å²) in [6.07, 6.45) is 3.42. The van der Waals surface area contributed by atoms with Gasteiger partial charge in [-0.1, -0.05) is 0 Å². The van der Waals surface area contributed by atoms with Crippen molar-refractivity contribution in [1.82, 2.24) is 25.0 Å². The first-order valence-electron chi connectivity index (χ1n) is 7.59. The molecule has 0 saturated heterocycles. The standard InChI is InChI=1S/C14H22N6O2.ClH/c1-8-10(7-16-18-8)13-17-14(20(19-13)4-5-21)9-2-3-12(22)11(15)6-9;/h7,9,11-12,21-22H,2-6,15H2,1H3,(H,16,18);1H/t9-,11+,12+;/m0./s1. The van der Waals surface area contributed by atoms with E-state index >= 15 is 0 Å². The molecule has 1 fully saturated rings. The second-order valence-electron chi connectivity index (χ2n) is 5.89. The number of aromatic nitrogens is 5. The molecule has 2 heterocycles. The van der Waals surface area contributed by atoms with E-state index < -0.39 is 6.10 Å². The number of nitrogens with two attached hydrogens (primary N) is 1. The molecule has 2 aromatic heterocycles. The monoisotopic (exact) mass is 342 g/mol. The largest absolute Gasteiger partial charge is 0.394 e. The normalized spacial score (nSPS) is 24.4. The number of halogens is 1. The first-order valence-corrected chi connectivity index (χ1v) is 7.59. The number of hydrogen-bond donors (Lipinski definition) is 4. The Morgan fingerprint density at radius 1 is 1.43 bits per heavy atom. The highest BCUT2D eigenvalue weighted by molar-refractivity contribution is 5.85. The fraction of sp³-hybridized carbons (Fsp3) is 0.643. The lowest BCUT2D eigenvalue weighted by molar-refractivity contribution is 0.0982. The quantitative estimate of drug-likeness (QED) is 0.635. The summed E-state index contributed by atoms with van der Waals surface area (Å²) in [6, 6.07) is -0.239. The van der Waals surface area contributed by atoms with Crippen LogP contribution in [0.5, 0.6) is 0 Å².